The van der Waals surface area contributed by atoms with Crippen molar-refractivity contribution >= 4 is 11.6 Å². The van der Waals surface area contributed by atoms with E-state index in [2.05, 4.69) is 9.80 Å². The summed E-state index contributed by atoms with van der Waals surface area (Å²) in [4.78, 5) is 19.1. The van der Waals surface area contributed by atoms with Crippen LogP contribution in [0.5, 0.6) is 0 Å². The fourth-order valence-electron chi connectivity index (χ4n) is 4.49. The number of benzene rings is 2. The highest BCUT2D eigenvalue weighted by Crippen LogP contribution is 2.25. The molecule has 0 saturated carbocycles. The molecule has 2 aliphatic rings. The van der Waals surface area contributed by atoms with Crippen LogP contribution in [-0.4, -0.2) is 61.0 Å². The van der Waals surface area contributed by atoms with Crippen molar-refractivity contribution in [2.75, 3.05) is 44.2 Å². The van der Waals surface area contributed by atoms with Crippen LogP contribution in [0.15, 0.2) is 48.5 Å². The highest BCUT2D eigenvalue weighted by Gasteiger charge is 2.28. The minimum Gasteiger partial charge on any atom is -0.369 e. The van der Waals surface area contributed by atoms with Crippen molar-refractivity contribution in [1.82, 2.24) is 9.80 Å². The van der Waals surface area contributed by atoms with E-state index in [9.17, 15) is 13.6 Å². The normalized spacial score (nSPS) is 19.2. The minimum atomic E-state index is -0.459. The number of hydrogen-bond acceptors (Lipinski definition) is 3. The largest absolute Gasteiger partial charge is 0.369 e. The Balaban J connectivity index is 1.33. The van der Waals surface area contributed by atoms with Crippen molar-refractivity contribution in [3.05, 3.63) is 65.7 Å². The molecule has 0 unspecified atom stereocenters. The Morgan fingerprint density at radius 3 is 2.21 bits per heavy atom. The molecule has 4 rings (SSSR count). The van der Waals surface area contributed by atoms with Gasteiger partial charge in [-0.1, -0.05) is 24.3 Å². The molecule has 29 heavy (non-hydrogen) atoms. The Bertz CT molecular complexity index is 852. The van der Waals surface area contributed by atoms with Crippen LogP contribution < -0.4 is 4.90 Å². The van der Waals surface area contributed by atoms with Crippen LogP contribution >= 0.6 is 0 Å². The monoisotopic (exact) mass is 399 g/mol. The first-order valence-corrected chi connectivity index (χ1v) is 10.4. The number of rotatable bonds is 3. The molecule has 0 N–H and O–H groups in total. The van der Waals surface area contributed by atoms with Crippen LogP contribution in [0.3, 0.4) is 0 Å². The fourth-order valence-corrected chi connectivity index (χ4v) is 4.49. The van der Waals surface area contributed by atoms with Gasteiger partial charge >= 0.3 is 0 Å². The third-order valence-corrected chi connectivity index (χ3v) is 6.10. The lowest BCUT2D eigenvalue weighted by atomic mass is 10.0. The minimum absolute atomic E-state index is 0.152. The molecule has 6 heteroatoms. The standard InChI is InChI=1S/C23H27F2N3O/c24-20-7-2-1-6-19(20)23(29)28-13-5-12-26(16-17-28)18-10-14-27(15-11-18)22-9-4-3-8-21(22)25/h1-4,6-9,18H,5,10-17H2. The maximum Gasteiger partial charge on any atom is 0.256 e. The van der Waals surface area contributed by atoms with Gasteiger partial charge in [-0.15, -0.1) is 0 Å². The van der Waals surface area contributed by atoms with E-state index in [-0.39, 0.29) is 17.3 Å². The second kappa shape index (κ2) is 8.91. The molecule has 0 aromatic heterocycles. The van der Waals surface area contributed by atoms with Gasteiger partial charge in [0.1, 0.15) is 11.6 Å². The van der Waals surface area contributed by atoms with Crippen molar-refractivity contribution in [3.8, 4) is 0 Å². The SMILES string of the molecule is O=C(c1ccccc1F)N1CCCN(C2CCN(c3ccccc3F)CC2)CC1. The lowest BCUT2D eigenvalue weighted by Gasteiger charge is -2.39. The summed E-state index contributed by atoms with van der Waals surface area (Å²) < 4.78 is 28.0. The second-order valence-electron chi connectivity index (χ2n) is 7.83. The van der Waals surface area contributed by atoms with E-state index in [0.29, 0.717) is 24.8 Å². The Morgan fingerprint density at radius 1 is 0.793 bits per heavy atom. The summed E-state index contributed by atoms with van der Waals surface area (Å²) in [6.07, 6.45) is 2.85. The Morgan fingerprint density at radius 2 is 1.48 bits per heavy atom. The number of halogens is 2. The Hall–Kier alpha value is -2.47. The van der Waals surface area contributed by atoms with Crippen molar-refractivity contribution in [1.29, 1.82) is 0 Å². The van der Waals surface area contributed by atoms with Gasteiger partial charge < -0.3 is 9.80 Å². The maximum atomic E-state index is 14.1. The maximum absolute atomic E-state index is 14.1. The summed E-state index contributed by atoms with van der Waals surface area (Å²) in [5.41, 5.74) is 0.836. The third-order valence-electron chi connectivity index (χ3n) is 6.10. The van der Waals surface area contributed by atoms with Gasteiger partial charge in [0.15, 0.2) is 0 Å². The first kappa shape index (κ1) is 19.8. The number of hydrogen-bond donors (Lipinski definition) is 0. The van der Waals surface area contributed by atoms with Gasteiger partial charge in [-0.2, -0.15) is 0 Å². The molecule has 2 aromatic carbocycles. The van der Waals surface area contributed by atoms with Crippen LogP contribution in [0.4, 0.5) is 14.5 Å². The Labute approximate surface area is 170 Å². The Kier molecular flexibility index (Phi) is 6.09. The van der Waals surface area contributed by atoms with E-state index in [4.69, 9.17) is 0 Å². The van der Waals surface area contributed by atoms with Gasteiger partial charge in [-0.3, -0.25) is 9.69 Å². The van der Waals surface area contributed by atoms with Crippen LogP contribution in [0.2, 0.25) is 0 Å². The van der Waals surface area contributed by atoms with Gasteiger partial charge in [0.2, 0.25) is 0 Å². The predicted molar refractivity (Wildman–Crippen MR) is 110 cm³/mol. The molecule has 154 valence electrons. The number of carbonyl (C=O) groups is 1. The molecule has 0 bridgehead atoms. The zero-order valence-corrected chi connectivity index (χ0v) is 16.6. The lowest BCUT2D eigenvalue weighted by Crippen LogP contribution is -2.46. The van der Waals surface area contributed by atoms with E-state index in [0.717, 1.165) is 45.4 Å². The van der Waals surface area contributed by atoms with E-state index >= 15 is 0 Å². The van der Waals surface area contributed by atoms with Crippen molar-refractivity contribution in [3.63, 3.8) is 0 Å². The summed E-state index contributed by atoms with van der Waals surface area (Å²) in [5, 5.41) is 0. The van der Waals surface area contributed by atoms with E-state index in [1.807, 2.05) is 12.1 Å². The van der Waals surface area contributed by atoms with Crippen molar-refractivity contribution < 1.29 is 13.6 Å². The molecule has 0 atom stereocenters. The van der Waals surface area contributed by atoms with Crippen LogP contribution in [0.1, 0.15) is 29.6 Å². The molecule has 2 saturated heterocycles. The molecule has 1 amide bonds. The smallest absolute Gasteiger partial charge is 0.256 e. The zero-order valence-electron chi connectivity index (χ0n) is 16.6. The van der Waals surface area contributed by atoms with Gasteiger partial charge in [0, 0.05) is 45.3 Å². The molecule has 2 aliphatic heterocycles. The van der Waals surface area contributed by atoms with E-state index < -0.39 is 5.82 Å². The second-order valence-corrected chi connectivity index (χ2v) is 7.83. The van der Waals surface area contributed by atoms with Crippen LogP contribution in [-0.2, 0) is 0 Å². The predicted octanol–water partition coefficient (Wildman–Crippen LogP) is 3.78. The molecule has 2 heterocycles. The molecule has 0 spiro atoms. The molecular weight excluding hydrogens is 372 g/mol. The number of piperidine rings is 1. The van der Waals surface area contributed by atoms with E-state index in [1.165, 1.54) is 12.1 Å². The fraction of sp³-hybridized carbons (Fsp3) is 0.435. The summed E-state index contributed by atoms with van der Waals surface area (Å²) in [6.45, 7) is 4.66. The molecule has 4 nitrogen and oxygen atoms in total. The highest BCUT2D eigenvalue weighted by molar-refractivity contribution is 5.94. The number of nitrogens with zero attached hydrogens (tertiary/aromatic N) is 3. The first-order chi connectivity index (χ1) is 14.1. The number of anilines is 1. The zero-order chi connectivity index (χ0) is 20.2. The quantitative estimate of drug-likeness (QED) is 0.786. The topological polar surface area (TPSA) is 26.8 Å². The number of para-hydroxylation sites is 1. The van der Waals surface area contributed by atoms with E-state index in [1.54, 1.807) is 29.2 Å². The molecule has 0 radical (unpaired) electrons. The lowest BCUT2D eigenvalue weighted by molar-refractivity contribution is 0.0751. The molecule has 2 fully saturated rings. The highest BCUT2D eigenvalue weighted by atomic mass is 19.1. The number of carbonyl (C=O) groups excluding carboxylic acids is 1. The van der Waals surface area contributed by atoms with Crippen LogP contribution in [0.25, 0.3) is 0 Å². The van der Waals surface area contributed by atoms with Gasteiger partial charge in [-0.05, 0) is 43.5 Å². The van der Waals surface area contributed by atoms with Gasteiger partial charge in [-0.25, -0.2) is 8.78 Å². The first-order valence-electron chi connectivity index (χ1n) is 10.4. The molecule has 2 aromatic rings. The third kappa shape index (κ3) is 4.42. The summed E-state index contributed by atoms with van der Waals surface area (Å²) in [7, 11) is 0. The van der Waals surface area contributed by atoms with Crippen LogP contribution in [0, 0.1) is 11.6 Å². The summed E-state index contributed by atoms with van der Waals surface area (Å²) in [6, 6.07) is 13.6. The molecular formula is C23H27F2N3O. The average molecular weight is 399 g/mol. The van der Waals surface area contributed by atoms with Crippen molar-refractivity contribution in [2.45, 2.75) is 25.3 Å². The molecule has 0 aliphatic carbocycles. The van der Waals surface area contributed by atoms with Gasteiger partial charge in [0.05, 0.1) is 11.3 Å². The number of amides is 1. The summed E-state index contributed by atoms with van der Waals surface area (Å²) >= 11 is 0. The van der Waals surface area contributed by atoms with Gasteiger partial charge in [0.25, 0.3) is 5.91 Å². The average Bonchev–Trinajstić information content (AvgIpc) is 3.01. The summed E-state index contributed by atoms with van der Waals surface area (Å²) in [5.74, 6) is -0.846. The van der Waals surface area contributed by atoms with Crippen molar-refractivity contribution in [2.24, 2.45) is 0 Å².